The highest BCUT2D eigenvalue weighted by Crippen LogP contribution is 2.24. The molecule has 0 saturated heterocycles. The van der Waals surface area contributed by atoms with E-state index in [0.717, 1.165) is 22.3 Å². The van der Waals surface area contributed by atoms with Crippen molar-refractivity contribution in [3.8, 4) is 5.75 Å². The fourth-order valence-corrected chi connectivity index (χ4v) is 4.52. The topological polar surface area (TPSA) is 101 Å². The number of hydrogen-bond donors (Lipinski definition) is 2. The van der Waals surface area contributed by atoms with E-state index in [4.69, 9.17) is 0 Å². The first-order valence-corrected chi connectivity index (χ1v) is 11.8. The van der Waals surface area contributed by atoms with Gasteiger partial charge in [-0.25, -0.2) is 13.1 Å². The number of aromatic hydroxyl groups is 1. The summed E-state index contributed by atoms with van der Waals surface area (Å²) in [5.41, 5.74) is 4.88. The van der Waals surface area contributed by atoms with Crippen LogP contribution in [0.25, 0.3) is 0 Å². The summed E-state index contributed by atoms with van der Waals surface area (Å²) < 4.78 is 29.1. The van der Waals surface area contributed by atoms with Gasteiger partial charge in [0.25, 0.3) is 15.9 Å². The van der Waals surface area contributed by atoms with Crippen LogP contribution in [0.4, 0.5) is 0 Å². The third kappa shape index (κ3) is 5.02. The number of amides is 1. The molecular weight excluding hydrogens is 426 g/mol. The van der Waals surface area contributed by atoms with Crippen molar-refractivity contribution in [2.24, 2.45) is 0 Å². The van der Waals surface area contributed by atoms with E-state index in [0.29, 0.717) is 12.2 Å². The first-order chi connectivity index (χ1) is 14.8. The smallest absolute Gasteiger partial charge is 0.283 e. The number of nitrogens with one attached hydrogen (secondary N) is 1. The maximum atomic E-state index is 13.1. The third-order valence-corrected chi connectivity index (χ3v) is 6.65. The Labute approximate surface area is 189 Å². The van der Waals surface area contributed by atoms with Gasteiger partial charge in [-0.15, -0.1) is 0 Å². The van der Waals surface area contributed by atoms with Gasteiger partial charge in [-0.1, -0.05) is 38.5 Å². The molecule has 170 valence electrons. The number of nitrogens with zero attached hydrogens (tertiary/aromatic N) is 2. The minimum Gasteiger partial charge on any atom is -0.508 e. The largest absolute Gasteiger partial charge is 0.508 e. The Bertz CT molecular complexity index is 1240. The molecular formula is C24H29N3O4S. The van der Waals surface area contributed by atoms with Crippen molar-refractivity contribution in [2.75, 3.05) is 0 Å². The Morgan fingerprint density at radius 2 is 1.59 bits per heavy atom. The highest BCUT2D eigenvalue weighted by atomic mass is 32.2. The van der Waals surface area contributed by atoms with Gasteiger partial charge in [0.05, 0.1) is 17.1 Å². The molecule has 32 heavy (non-hydrogen) atoms. The summed E-state index contributed by atoms with van der Waals surface area (Å²) in [5.74, 6) is -0.824. The van der Waals surface area contributed by atoms with Crippen LogP contribution in [0.1, 0.15) is 59.2 Å². The quantitative estimate of drug-likeness (QED) is 0.606. The fourth-order valence-electron chi connectivity index (χ4n) is 3.55. The zero-order valence-electron chi connectivity index (χ0n) is 19.2. The number of phenolic OH excluding ortho intramolecular Hbond substituents is 1. The van der Waals surface area contributed by atoms with Crippen molar-refractivity contribution < 1.29 is 18.3 Å². The van der Waals surface area contributed by atoms with Gasteiger partial charge < -0.3 is 5.11 Å². The predicted molar refractivity (Wildman–Crippen MR) is 123 cm³/mol. The van der Waals surface area contributed by atoms with Gasteiger partial charge in [-0.05, 0) is 67.8 Å². The molecule has 8 heteroatoms. The zero-order chi connectivity index (χ0) is 23.8. The Kier molecular flexibility index (Phi) is 6.20. The molecule has 1 amide bonds. The number of carbonyl (C=O) groups excluding carboxylic acids is 1. The molecule has 1 aromatic heterocycles. The number of phenols is 1. The predicted octanol–water partition coefficient (Wildman–Crippen LogP) is 3.98. The number of benzene rings is 2. The van der Waals surface area contributed by atoms with Gasteiger partial charge in [0.1, 0.15) is 11.4 Å². The molecule has 7 nitrogen and oxygen atoms in total. The van der Waals surface area contributed by atoms with E-state index >= 15 is 0 Å². The van der Waals surface area contributed by atoms with Gasteiger partial charge in [0, 0.05) is 5.41 Å². The monoisotopic (exact) mass is 455 g/mol. The second kappa shape index (κ2) is 8.43. The summed E-state index contributed by atoms with van der Waals surface area (Å²) in [6.07, 6.45) is 0. The fraction of sp³-hybridized carbons (Fsp3) is 0.333. The van der Waals surface area contributed by atoms with Gasteiger partial charge >= 0.3 is 0 Å². The average molecular weight is 456 g/mol. The highest BCUT2D eigenvalue weighted by molar-refractivity contribution is 7.90. The van der Waals surface area contributed by atoms with Crippen molar-refractivity contribution in [1.82, 2.24) is 14.5 Å². The molecule has 2 aromatic carbocycles. The Hall–Kier alpha value is -3.13. The zero-order valence-corrected chi connectivity index (χ0v) is 20.0. The molecule has 0 bridgehead atoms. The van der Waals surface area contributed by atoms with Crippen LogP contribution in [0.3, 0.4) is 0 Å². The normalized spacial score (nSPS) is 12.1. The number of rotatable bonds is 5. The molecule has 3 aromatic rings. The molecule has 3 rings (SSSR count). The van der Waals surface area contributed by atoms with E-state index in [1.165, 1.54) is 24.3 Å². The van der Waals surface area contributed by atoms with Crippen LogP contribution in [0.2, 0.25) is 0 Å². The minimum atomic E-state index is -4.11. The van der Waals surface area contributed by atoms with Crippen LogP contribution >= 0.6 is 0 Å². The Balaban J connectivity index is 2.01. The number of aryl methyl sites for hydroxylation is 3. The maximum Gasteiger partial charge on any atom is 0.283 e. The van der Waals surface area contributed by atoms with Crippen molar-refractivity contribution in [3.05, 3.63) is 76.1 Å². The summed E-state index contributed by atoms with van der Waals surface area (Å²) in [6, 6.07) is 10.8. The van der Waals surface area contributed by atoms with Crippen LogP contribution in [0.15, 0.2) is 47.4 Å². The number of hydrogen-bond acceptors (Lipinski definition) is 5. The summed E-state index contributed by atoms with van der Waals surface area (Å²) in [6.45, 7) is 12.3. The van der Waals surface area contributed by atoms with Gasteiger partial charge in [0.2, 0.25) is 0 Å². The molecule has 1 heterocycles. The van der Waals surface area contributed by atoms with E-state index in [-0.39, 0.29) is 21.8 Å². The maximum absolute atomic E-state index is 13.1. The van der Waals surface area contributed by atoms with E-state index < -0.39 is 15.9 Å². The van der Waals surface area contributed by atoms with Crippen molar-refractivity contribution >= 4 is 15.9 Å². The van der Waals surface area contributed by atoms with Gasteiger partial charge in [0.15, 0.2) is 0 Å². The Morgan fingerprint density at radius 1 is 1.03 bits per heavy atom. The molecule has 0 aliphatic rings. The third-order valence-electron chi connectivity index (χ3n) is 5.30. The second-order valence-electron chi connectivity index (χ2n) is 9.13. The molecule has 0 atom stereocenters. The van der Waals surface area contributed by atoms with E-state index in [1.807, 2.05) is 41.5 Å². The van der Waals surface area contributed by atoms with E-state index in [2.05, 4.69) is 22.0 Å². The van der Waals surface area contributed by atoms with Crippen molar-refractivity contribution in [1.29, 1.82) is 0 Å². The van der Waals surface area contributed by atoms with Crippen molar-refractivity contribution in [2.45, 2.75) is 58.4 Å². The number of sulfonamides is 1. The summed E-state index contributed by atoms with van der Waals surface area (Å²) in [7, 11) is -4.11. The van der Waals surface area contributed by atoms with E-state index in [1.54, 1.807) is 10.7 Å². The minimum absolute atomic E-state index is 0.0630. The molecule has 0 aliphatic heterocycles. The molecule has 0 radical (unpaired) electrons. The number of carbonyl (C=O) groups is 1. The Morgan fingerprint density at radius 3 is 2.12 bits per heavy atom. The molecule has 0 fully saturated rings. The molecule has 2 N–H and O–H groups in total. The first kappa shape index (κ1) is 23.5. The van der Waals surface area contributed by atoms with Crippen LogP contribution in [-0.2, 0) is 22.0 Å². The first-order valence-electron chi connectivity index (χ1n) is 10.3. The lowest BCUT2D eigenvalue weighted by molar-refractivity contribution is 0.0971. The second-order valence-corrected chi connectivity index (χ2v) is 10.8. The highest BCUT2D eigenvalue weighted by Gasteiger charge is 2.26. The van der Waals surface area contributed by atoms with Gasteiger partial charge in [-0.3, -0.25) is 9.48 Å². The molecule has 0 saturated carbocycles. The molecule has 0 aliphatic carbocycles. The summed E-state index contributed by atoms with van der Waals surface area (Å²) >= 11 is 0. The SMILES string of the molecule is Cc1cc(C)c(Cn2nc(C(C)(C)C)cc2C(=O)NS(=O)(=O)c2ccc(O)cc2)c(C)c1. The summed E-state index contributed by atoms with van der Waals surface area (Å²) in [5, 5.41) is 14.1. The van der Waals surface area contributed by atoms with Crippen LogP contribution in [0, 0.1) is 20.8 Å². The average Bonchev–Trinajstić information content (AvgIpc) is 3.09. The summed E-state index contributed by atoms with van der Waals surface area (Å²) in [4.78, 5) is 13.0. The van der Waals surface area contributed by atoms with E-state index in [9.17, 15) is 18.3 Å². The molecule has 0 spiro atoms. The van der Waals surface area contributed by atoms with Crippen molar-refractivity contribution in [3.63, 3.8) is 0 Å². The number of aromatic nitrogens is 2. The van der Waals surface area contributed by atoms with Gasteiger partial charge in [-0.2, -0.15) is 5.10 Å². The van der Waals surface area contributed by atoms with Crippen LogP contribution in [0.5, 0.6) is 5.75 Å². The van der Waals surface area contributed by atoms with Crippen LogP contribution in [-0.4, -0.2) is 29.2 Å². The van der Waals surface area contributed by atoms with Crippen LogP contribution < -0.4 is 4.72 Å². The lowest BCUT2D eigenvalue weighted by Gasteiger charge is -2.15. The lowest BCUT2D eigenvalue weighted by atomic mass is 9.92. The molecule has 0 unspecified atom stereocenters. The lowest BCUT2D eigenvalue weighted by Crippen LogP contribution is -2.32. The standard InChI is InChI=1S/C24H29N3O4S/c1-15-11-16(2)20(17(3)12-15)14-27-21(13-22(25-27)24(4,5)6)23(29)26-32(30,31)19-9-7-18(28)8-10-19/h7-13,28H,14H2,1-6H3,(H,26,29).